The highest BCUT2D eigenvalue weighted by molar-refractivity contribution is 7.60. The monoisotopic (exact) mass is 299 g/mol. The van der Waals surface area contributed by atoms with Crippen LogP contribution in [0.25, 0.3) is 6.08 Å². The van der Waals surface area contributed by atoms with E-state index < -0.39 is 18.3 Å². The predicted octanol–water partition coefficient (Wildman–Crippen LogP) is 3.01. The van der Waals surface area contributed by atoms with E-state index in [9.17, 15) is 19.5 Å². The first-order valence-electron chi connectivity index (χ1n) is 5.53. The first kappa shape index (κ1) is 16.2. The zero-order valence-corrected chi connectivity index (χ0v) is 12.1. The standard InChI is InChI=1S/C12H14NO6P/c1-9(14)12(20(17,18-2)19-3)8-10-5-4-6-11(7-10)13(15)16/h4-8H,1-3H3/b12-8+. The molecule has 0 radical (unpaired) electrons. The lowest BCUT2D eigenvalue weighted by atomic mass is 10.2. The van der Waals surface area contributed by atoms with E-state index >= 15 is 0 Å². The highest BCUT2D eigenvalue weighted by Crippen LogP contribution is 2.55. The summed E-state index contributed by atoms with van der Waals surface area (Å²) in [4.78, 5) is 21.7. The number of nitro groups is 1. The fourth-order valence-electron chi connectivity index (χ4n) is 1.53. The second-order valence-corrected chi connectivity index (χ2v) is 6.01. The van der Waals surface area contributed by atoms with Gasteiger partial charge in [-0.05, 0) is 18.6 Å². The molecule has 0 atom stereocenters. The van der Waals surface area contributed by atoms with Crippen LogP contribution in [-0.2, 0) is 18.4 Å². The fourth-order valence-corrected chi connectivity index (χ4v) is 2.77. The Labute approximate surface area is 115 Å². The zero-order valence-electron chi connectivity index (χ0n) is 11.2. The highest BCUT2D eigenvalue weighted by atomic mass is 31.2. The molecule has 8 heteroatoms. The van der Waals surface area contributed by atoms with Gasteiger partial charge in [0.25, 0.3) is 5.69 Å². The van der Waals surface area contributed by atoms with Crippen LogP contribution >= 0.6 is 7.60 Å². The van der Waals surface area contributed by atoms with Crippen molar-refractivity contribution < 1.29 is 23.3 Å². The largest absolute Gasteiger partial charge is 0.364 e. The van der Waals surface area contributed by atoms with Crippen LogP contribution in [0.15, 0.2) is 29.6 Å². The molecule has 1 aromatic carbocycles. The van der Waals surface area contributed by atoms with Crippen LogP contribution in [0.1, 0.15) is 12.5 Å². The van der Waals surface area contributed by atoms with Crippen LogP contribution in [-0.4, -0.2) is 24.9 Å². The summed E-state index contributed by atoms with van der Waals surface area (Å²) >= 11 is 0. The molecule has 1 rings (SSSR count). The summed E-state index contributed by atoms with van der Waals surface area (Å²) in [5.74, 6) is -0.497. The summed E-state index contributed by atoms with van der Waals surface area (Å²) in [5.41, 5.74) is 0.227. The number of rotatable bonds is 6. The Bertz CT molecular complexity index is 602. The van der Waals surface area contributed by atoms with Gasteiger partial charge in [-0.25, -0.2) is 0 Å². The lowest BCUT2D eigenvalue weighted by Gasteiger charge is -2.15. The Balaban J connectivity index is 3.35. The minimum absolute atomic E-state index is 0.133. The third kappa shape index (κ3) is 3.60. The number of nitrogens with zero attached hydrogens (tertiary/aromatic N) is 1. The van der Waals surface area contributed by atoms with Crippen molar-refractivity contribution in [2.45, 2.75) is 6.92 Å². The molecule has 0 N–H and O–H groups in total. The van der Waals surface area contributed by atoms with Gasteiger partial charge in [0.05, 0.1) is 4.92 Å². The van der Waals surface area contributed by atoms with E-state index in [1.54, 1.807) is 6.07 Å². The molecular formula is C12H14NO6P. The SMILES string of the molecule is COP(=O)(OC)/C(=C/c1cccc([N+](=O)[O-])c1)C(C)=O. The molecular weight excluding hydrogens is 285 g/mol. The third-order valence-corrected chi connectivity index (χ3v) is 4.52. The normalized spacial score (nSPS) is 12.2. The van der Waals surface area contributed by atoms with Gasteiger partial charge in [0.1, 0.15) is 5.31 Å². The molecule has 20 heavy (non-hydrogen) atoms. The fraction of sp³-hybridized carbons (Fsp3) is 0.250. The molecule has 0 amide bonds. The van der Waals surface area contributed by atoms with E-state index in [2.05, 4.69) is 0 Å². The molecule has 0 saturated heterocycles. The van der Waals surface area contributed by atoms with Crippen molar-refractivity contribution in [2.75, 3.05) is 14.2 Å². The molecule has 0 heterocycles. The topological polar surface area (TPSA) is 95.7 Å². The minimum Gasteiger partial charge on any atom is -0.308 e. The summed E-state index contributed by atoms with van der Waals surface area (Å²) in [7, 11) is -1.39. The smallest absolute Gasteiger partial charge is 0.308 e. The van der Waals surface area contributed by atoms with Crippen LogP contribution in [0, 0.1) is 10.1 Å². The first-order chi connectivity index (χ1) is 9.34. The highest BCUT2D eigenvalue weighted by Gasteiger charge is 2.31. The van der Waals surface area contributed by atoms with E-state index in [1.165, 1.54) is 31.2 Å². The van der Waals surface area contributed by atoms with Gasteiger partial charge in [-0.2, -0.15) is 0 Å². The summed E-state index contributed by atoms with van der Waals surface area (Å²) in [5, 5.41) is 10.5. The molecule has 7 nitrogen and oxygen atoms in total. The van der Waals surface area contributed by atoms with Crippen molar-refractivity contribution in [3.05, 3.63) is 45.3 Å². The van der Waals surface area contributed by atoms with Gasteiger partial charge in [0.2, 0.25) is 0 Å². The number of Topliss-reactive ketones (excluding diaryl/α,β-unsaturated/α-hetero) is 1. The number of hydrogen-bond donors (Lipinski definition) is 0. The molecule has 1 aromatic rings. The Kier molecular flexibility index (Phi) is 5.33. The Morgan fingerprint density at radius 1 is 1.35 bits per heavy atom. The maximum atomic E-state index is 12.2. The summed E-state index contributed by atoms with van der Waals surface area (Å²) in [6, 6.07) is 5.59. The van der Waals surface area contributed by atoms with Crippen molar-refractivity contribution in [1.82, 2.24) is 0 Å². The molecule has 0 aliphatic rings. The number of non-ortho nitro benzene ring substituents is 1. The number of ketones is 1. The van der Waals surface area contributed by atoms with Crippen molar-refractivity contribution in [3.63, 3.8) is 0 Å². The zero-order chi connectivity index (χ0) is 15.3. The van der Waals surface area contributed by atoms with Crippen molar-refractivity contribution in [2.24, 2.45) is 0 Å². The molecule has 0 saturated carbocycles. The lowest BCUT2D eigenvalue weighted by Crippen LogP contribution is -2.01. The lowest BCUT2D eigenvalue weighted by molar-refractivity contribution is -0.384. The average molecular weight is 299 g/mol. The van der Waals surface area contributed by atoms with Gasteiger partial charge in [-0.3, -0.25) is 19.5 Å². The van der Waals surface area contributed by atoms with E-state index in [0.29, 0.717) is 5.56 Å². The van der Waals surface area contributed by atoms with Crippen molar-refractivity contribution in [1.29, 1.82) is 0 Å². The van der Waals surface area contributed by atoms with Gasteiger partial charge in [-0.15, -0.1) is 0 Å². The summed E-state index contributed by atoms with van der Waals surface area (Å²) in [6.07, 6.45) is 1.27. The molecule has 0 aromatic heterocycles. The number of nitro benzene ring substituents is 1. The quantitative estimate of drug-likeness (QED) is 0.347. The average Bonchev–Trinajstić information content (AvgIpc) is 2.44. The number of benzene rings is 1. The van der Waals surface area contributed by atoms with E-state index in [1.807, 2.05) is 0 Å². The van der Waals surface area contributed by atoms with Gasteiger partial charge in [0, 0.05) is 26.4 Å². The minimum atomic E-state index is -3.71. The summed E-state index contributed by atoms with van der Waals surface area (Å²) in [6.45, 7) is 1.22. The van der Waals surface area contributed by atoms with Crippen LogP contribution in [0.5, 0.6) is 0 Å². The molecule has 0 fully saturated rings. The van der Waals surface area contributed by atoms with Gasteiger partial charge < -0.3 is 9.05 Å². The Hall–Kier alpha value is -1.82. The molecule has 0 aliphatic carbocycles. The van der Waals surface area contributed by atoms with Crippen LogP contribution in [0.4, 0.5) is 5.69 Å². The molecule has 0 aliphatic heterocycles. The second-order valence-electron chi connectivity index (χ2n) is 3.80. The predicted molar refractivity (Wildman–Crippen MR) is 73.4 cm³/mol. The van der Waals surface area contributed by atoms with E-state index in [0.717, 1.165) is 14.2 Å². The van der Waals surface area contributed by atoms with Crippen LogP contribution < -0.4 is 0 Å². The van der Waals surface area contributed by atoms with E-state index in [4.69, 9.17) is 9.05 Å². The number of allylic oxidation sites excluding steroid dienone is 1. The number of carbonyl (C=O) groups excluding carboxylic acids is 1. The molecule has 0 bridgehead atoms. The van der Waals surface area contributed by atoms with Crippen LogP contribution in [0.3, 0.4) is 0 Å². The Morgan fingerprint density at radius 3 is 2.40 bits per heavy atom. The molecule has 108 valence electrons. The van der Waals surface area contributed by atoms with Gasteiger partial charge in [-0.1, -0.05) is 12.1 Å². The van der Waals surface area contributed by atoms with Gasteiger partial charge >= 0.3 is 7.60 Å². The number of hydrogen-bond acceptors (Lipinski definition) is 6. The maximum Gasteiger partial charge on any atom is 0.364 e. The number of carbonyl (C=O) groups is 1. The van der Waals surface area contributed by atoms with E-state index in [-0.39, 0.29) is 11.0 Å². The van der Waals surface area contributed by atoms with Crippen molar-refractivity contribution >= 4 is 25.1 Å². The third-order valence-electron chi connectivity index (χ3n) is 2.52. The van der Waals surface area contributed by atoms with Crippen molar-refractivity contribution in [3.8, 4) is 0 Å². The molecule has 0 unspecified atom stereocenters. The summed E-state index contributed by atoms with van der Waals surface area (Å²) < 4.78 is 21.8. The second kappa shape index (κ2) is 6.56. The van der Waals surface area contributed by atoms with Gasteiger partial charge in [0.15, 0.2) is 5.78 Å². The Morgan fingerprint density at radius 2 is 1.95 bits per heavy atom. The first-order valence-corrected chi connectivity index (χ1v) is 7.07. The maximum absolute atomic E-state index is 12.2. The molecule has 0 spiro atoms. The van der Waals surface area contributed by atoms with Crippen LogP contribution in [0.2, 0.25) is 0 Å².